The van der Waals surface area contributed by atoms with Crippen LogP contribution < -0.4 is 5.32 Å². The Labute approximate surface area is 419 Å². The fourth-order valence-corrected chi connectivity index (χ4v) is 9.94. The number of aliphatic hydroxyl groups excluding tert-OH is 2. The van der Waals surface area contributed by atoms with Crippen molar-refractivity contribution < 1.29 is 24.5 Å². The maximum Gasteiger partial charge on any atom is 0.305 e. The molecular weight excluding hydrogens is 827 g/mol. The van der Waals surface area contributed by atoms with Crippen molar-refractivity contribution in [3.05, 3.63) is 0 Å². The molecule has 0 heterocycles. The van der Waals surface area contributed by atoms with Gasteiger partial charge in [-0.2, -0.15) is 0 Å². The van der Waals surface area contributed by atoms with Crippen molar-refractivity contribution >= 4 is 11.9 Å². The summed E-state index contributed by atoms with van der Waals surface area (Å²) in [5, 5.41) is 23.3. The fraction of sp³-hybridized carbons (Fsp3) is 0.967. The molecular formula is C61H121NO5. The van der Waals surface area contributed by atoms with Crippen LogP contribution in [0.25, 0.3) is 0 Å². The molecule has 0 aliphatic heterocycles. The van der Waals surface area contributed by atoms with Crippen LogP contribution in [0.15, 0.2) is 0 Å². The van der Waals surface area contributed by atoms with Crippen LogP contribution in [0.3, 0.4) is 0 Å². The Morgan fingerprint density at radius 1 is 0.358 bits per heavy atom. The summed E-state index contributed by atoms with van der Waals surface area (Å²) >= 11 is 0. The number of rotatable bonds is 58. The summed E-state index contributed by atoms with van der Waals surface area (Å²) < 4.78 is 5.47. The Morgan fingerprint density at radius 2 is 0.612 bits per heavy atom. The Balaban J connectivity index is 3.33. The zero-order chi connectivity index (χ0) is 48.6. The van der Waals surface area contributed by atoms with Crippen molar-refractivity contribution in [1.82, 2.24) is 5.32 Å². The molecule has 6 nitrogen and oxygen atoms in total. The maximum absolute atomic E-state index is 12.5. The van der Waals surface area contributed by atoms with Crippen LogP contribution in [-0.2, 0) is 14.3 Å². The lowest BCUT2D eigenvalue weighted by atomic mass is 10.0. The van der Waals surface area contributed by atoms with Crippen LogP contribution in [0, 0.1) is 0 Å². The number of unbranched alkanes of at least 4 members (excludes halogenated alkanes) is 47. The van der Waals surface area contributed by atoms with Gasteiger partial charge in [0.05, 0.1) is 25.4 Å². The molecule has 0 saturated heterocycles. The second-order valence-electron chi connectivity index (χ2n) is 21.4. The highest BCUT2D eigenvalue weighted by atomic mass is 16.5. The first-order chi connectivity index (χ1) is 33.0. The van der Waals surface area contributed by atoms with Gasteiger partial charge in [0, 0.05) is 12.8 Å². The van der Waals surface area contributed by atoms with E-state index in [0.29, 0.717) is 25.9 Å². The molecule has 0 radical (unpaired) electrons. The maximum atomic E-state index is 12.5. The summed E-state index contributed by atoms with van der Waals surface area (Å²) in [5.74, 6) is -0.0128. The average molecular weight is 949 g/mol. The predicted molar refractivity (Wildman–Crippen MR) is 292 cm³/mol. The second kappa shape index (κ2) is 57.4. The van der Waals surface area contributed by atoms with Crippen LogP contribution in [0.1, 0.15) is 354 Å². The molecule has 3 N–H and O–H groups in total. The molecule has 0 aliphatic carbocycles. The summed E-state index contributed by atoms with van der Waals surface area (Å²) in [6, 6.07) is -0.537. The van der Waals surface area contributed by atoms with E-state index in [9.17, 15) is 19.8 Å². The Hall–Kier alpha value is -1.14. The minimum Gasteiger partial charge on any atom is -0.466 e. The monoisotopic (exact) mass is 948 g/mol. The van der Waals surface area contributed by atoms with E-state index in [4.69, 9.17) is 4.74 Å². The normalized spacial score (nSPS) is 12.5. The van der Waals surface area contributed by atoms with E-state index >= 15 is 0 Å². The molecule has 0 saturated carbocycles. The van der Waals surface area contributed by atoms with Gasteiger partial charge < -0.3 is 20.3 Å². The highest BCUT2D eigenvalue weighted by molar-refractivity contribution is 5.76. The van der Waals surface area contributed by atoms with Gasteiger partial charge in [0.2, 0.25) is 5.91 Å². The average Bonchev–Trinajstić information content (AvgIpc) is 3.33. The topological polar surface area (TPSA) is 95.9 Å². The van der Waals surface area contributed by atoms with Crippen molar-refractivity contribution in [3.8, 4) is 0 Å². The minimum absolute atomic E-state index is 0.0177. The van der Waals surface area contributed by atoms with E-state index in [0.717, 1.165) is 38.5 Å². The minimum atomic E-state index is -0.660. The van der Waals surface area contributed by atoms with Crippen molar-refractivity contribution in [2.45, 2.75) is 366 Å². The van der Waals surface area contributed by atoms with Crippen molar-refractivity contribution in [2.24, 2.45) is 0 Å². The quantitative estimate of drug-likeness (QED) is 0.0417. The highest BCUT2D eigenvalue weighted by Crippen LogP contribution is 2.18. The molecule has 6 heteroatoms. The summed E-state index contributed by atoms with van der Waals surface area (Å²) in [6.07, 6.45) is 66.9. The molecule has 2 atom stereocenters. The van der Waals surface area contributed by atoms with Gasteiger partial charge in [-0.15, -0.1) is 0 Å². The van der Waals surface area contributed by atoms with Gasteiger partial charge in [0.15, 0.2) is 0 Å². The van der Waals surface area contributed by atoms with Gasteiger partial charge in [-0.05, 0) is 25.7 Å². The third kappa shape index (κ3) is 54.0. The molecule has 0 fully saturated rings. The summed E-state index contributed by atoms with van der Waals surface area (Å²) in [7, 11) is 0. The van der Waals surface area contributed by atoms with Crippen LogP contribution >= 0.6 is 0 Å². The number of esters is 1. The highest BCUT2D eigenvalue weighted by Gasteiger charge is 2.20. The van der Waals surface area contributed by atoms with E-state index in [1.54, 1.807) is 0 Å². The van der Waals surface area contributed by atoms with Crippen molar-refractivity contribution in [3.63, 3.8) is 0 Å². The van der Waals surface area contributed by atoms with Crippen LogP contribution in [0.4, 0.5) is 0 Å². The number of hydrogen-bond acceptors (Lipinski definition) is 5. The number of nitrogens with one attached hydrogen (secondary N) is 1. The number of aliphatic hydroxyl groups is 2. The van der Waals surface area contributed by atoms with Gasteiger partial charge in [0.1, 0.15) is 0 Å². The van der Waals surface area contributed by atoms with E-state index in [1.807, 2.05) is 0 Å². The van der Waals surface area contributed by atoms with Crippen LogP contribution in [0.5, 0.6) is 0 Å². The molecule has 0 aromatic rings. The van der Waals surface area contributed by atoms with Gasteiger partial charge >= 0.3 is 5.97 Å². The molecule has 0 rings (SSSR count). The summed E-state index contributed by atoms with van der Waals surface area (Å²) in [4.78, 5) is 24.5. The zero-order valence-electron chi connectivity index (χ0n) is 45.7. The fourth-order valence-electron chi connectivity index (χ4n) is 9.94. The van der Waals surface area contributed by atoms with Gasteiger partial charge in [-0.1, -0.05) is 316 Å². The molecule has 0 aromatic carbocycles. The SMILES string of the molecule is CCCCCCCCCCCCCCCC(O)C(CO)NC(=O)CCCCCCCCCCCCCCCCCCCCCCCCCCCCOC(=O)CCCCCCCCCCCCC. The van der Waals surface area contributed by atoms with Crippen LogP contribution in [0.2, 0.25) is 0 Å². The number of carbonyl (C=O) groups is 2. The molecule has 1 amide bonds. The molecule has 0 aliphatic rings. The van der Waals surface area contributed by atoms with Crippen molar-refractivity contribution in [2.75, 3.05) is 13.2 Å². The molecule has 67 heavy (non-hydrogen) atoms. The summed E-state index contributed by atoms with van der Waals surface area (Å²) in [5.41, 5.74) is 0. The van der Waals surface area contributed by atoms with E-state index < -0.39 is 12.1 Å². The first-order valence-electron chi connectivity index (χ1n) is 30.8. The Kier molecular flexibility index (Phi) is 56.5. The van der Waals surface area contributed by atoms with Gasteiger partial charge in [-0.3, -0.25) is 9.59 Å². The van der Waals surface area contributed by atoms with Crippen molar-refractivity contribution in [1.29, 1.82) is 0 Å². The predicted octanol–water partition coefficient (Wildman–Crippen LogP) is 19.1. The lowest BCUT2D eigenvalue weighted by Crippen LogP contribution is -2.45. The molecule has 0 aromatic heterocycles. The lowest BCUT2D eigenvalue weighted by molar-refractivity contribution is -0.143. The summed E-state index contributed by atoms with van der Waals surface area (Å²) in [6.45, 7) is 4.97. The smallest absolute Gasteiger partial charge is 0.305 e. The van der Waals surface area contributed by atoms with E-state index in [1.165, 1.54) is 283 Å². The molecule has 0 spiro atoms. The second-order valence-corrected chi connectivity index (χ2v) is 21.4. The molecule has 0 bridgehead atoms. The number of ether oxygens (including phenoxy) is 1. The van der Waals surface area contributed by atoms with Crippen LogP contribution in [-0.4, -0.2) is 47.4 Å². The van der Waals surface area contributed by atoms with Gasteiger partial charge in [-0.25, -0.2) is 0 Å². The first kappa shape index (κ1) is 65.9. The van der Waals surface area contributed by atoms with E-state index in [2.05, 4.69) is 19.2 Å². The largest absolute Gasteiger partial charge is 0.466 e. The lowest BCUT2D eigenvalue weighted by Gasteiger charge is -2.22. The number of amides is 1. The molecule has 400 valence electrons. The van der Waals surface area contributed by atoms with E-state index in [-0.39, 0.29) is 18.5 Å². The third-order valence-electron chi connectivity index (χ3n) is 14.7. The number of hydrogen-bond donors (Lipinski definition) is 3. The third-order valence-corrected chi connectivity index (χ3v) is 14.7. The first-order valence-corrected chi connectivity index (χ1v) is 30.8. The Morgan fingerprint density at radius 3 is 0.910 bits per heavy atom. The number of carbonyl (C=O) groups excluding carboxylic acids is 2. The zero-order valence-corrected chi connectivity index (χ0v) is 45.7. The standard InChI is InChI=1S/C61H121NO5/c1-3-5-7-9-11-13-15-30-34-37-41-45-49-53-59(64)58(57-63)62-60(65)54-50-46-42-38-35-31-28-26-24-22-20-18-16-17-19-21-23-25-27-29-32-36-40-44-48-52-56-67-61(66)55-51-47-43-39-33-14-12-10-8-6-4-2/h58-59,63-64H,3-57H2,1-2H3,(H,62,65). The molecule has 2 unspecified atom stereocenters. The Bertz CT molecular complexity index is 959. The van der Waals surface area contributed by atoms with Gasteiger partial charge in [0.25, 0.3) is 0 Å².